The van der Waals surface area contributed by atoms with Gasteiger partial charge in [0.25, 0.3) is 0 Å². The maximum absolute atomic E-state index is 15.1. The molecule has 2 aromatic heterocycles. The van der Waals surface area contributed by atoms with Gasteiger partial charge in [0.15, 0.2) is 11.6 Å². The number of fused-ring (bicyclic) bond motifs is 1. The van der Waals surface area contributed by atoms with Crippen molar-refractivity contribution in [2.24, 2.45) is 0 Å². The van der Waals surface area contributed by atoms with Crippen LogP contribution in [0.5, 0.6) is 0 Å². The van der Waals surface area contributed by atoms with Crippen molar-refractivity contribution >= 4 is 44.3 Å². The van der Waals surface area contributed by atoms with Crippen molar-refractivity contribution in [3.8, 4) is 0 Å². The van der Waals surface area contributed by atoms with Crippen molar-refractivity contribution < 1.29 is 17.6 Å². The molecule has 158 valence electrons. The largest absolute Gasteiger partial charge is 0.345 e. The van der Waals surface area contributed by atoms with E-state index < -0.39 is 21.8 Å². The molecule has 1 aromatic carbocycles. The van der Waals surface area contributed by atoms with Crippen molar-refractivity contribution in [1.29, 1.82) is 0 Å². The predicted molar refractivity (Wildman–Crippen MR) is 113 cm³/mol. The fraction of sp³-hybridized carbons (Fsp3) is 0.263. The Balaban J connectivity index is 1.64. The van der Waals surface area contributed by atoms with Crippen LogP contribution in [0.2, 0.25) is 5.02 Å². The van der Waals surface area contributed by atoms with E-state index in [1.54, 1.807) is 13.1 Å². The number of hydrogen-bond acceptors (Lipinski definition) is 5. The van der Waals surface area contributed by atoms with E-state index in [1.165, 1.54) is 34.9 Å². The number of nitrogens with one attached hydrogen (secondary N) is 3. The minimum Gasteiger partial charge on any atom is -0.345 e. The summed E-state index contributed by atoms with van der Waals surface area (Å²) in [4.78, 5) is 19.9. The molecule has 1 unspecified atom stereocenters. The Bertz CT molecular complexity index is 1230. The zero-order chi connectivity index (χ0) is 21.5. The summed E-state index contributed by atoms with van der Waals surface area (Å²) in [5.74, 6) is -1.56. The van der Waals surface area contributed by atoms with Crippen molar-refractivity contribution in [3.05, 3.63) is 58.6 Å². The fourth-order valence-electron chi connectivity index (χ4n) is 3.48. The summed E-state index contributed by atoms with van der Waals surface area (Å²) >= 11 is 5.96. The number of halogens is 2. The third kappa shape index (κ3) is 3.79. The molecule has 4 rings (SSSR count). The number of aromatic nitrogens is 2. The van der Waals surface area contributed by atoms with Gasteiger partial charge in [0.05, 0.1) is 16.3 Å². The minimum absolute atomic E-state index is 0.0432. The van der Waals surface area contributed by atoms with Crippen molar-refractivity contribution in [1.82, 2.24) is 19.6 Å². The summed E-state index contributed by atoms with van der Waals surface area (Å²) < 4.78 is 43.9. The molecule has 0 saturated carbocycles. The number of benzene rings is 1. The molecule has 3 N–H and O–H groups in total. The highest BCUT2D eigenvalue weighted by Crippen LogP contribution is 2.27. The number of ketones is 1. The molecule has 0 spiro atoms. The lowest BCUT2D eigenvalue weighted by Gasteiger charge is -2.18. The van der Waals surface area contributed by atoms with E-state index in [1.807, 2.05) is 0 Å². The number of H-pyrrole nitrogens is 1. The molecule has 1 aliphatic heterocycles. The molecule has 0 aliphatic carbocycles. The molecule has 1 saturated heterocycles. The average Bonchev–Trinajstić information content (AvgIpc) is 3.36. The van der Waals surface area contributed by atoms with Crippen molar-refractivity contribution in [2.75, 3.05) is 24.9 Å². The van der Waals surface area contributed by atoms with Gasteiger partial charge in [0.1, 0.15) is 5.65 Å². The highest BCUT2D eigenvalue weighted by molar-refractivity contribution is 7.90. The van der Waals surface area contributed by atoms with Crippen LogP contribution >= 0.6 is 11.6 Å². The first-order valence-corrected chi connectivity index (χ1v) is 11.0. The van der Waals surface area contributed by atoms with Gasteiger partial charge < -0.3 is 10.3 Å². The van der Waals surface area contributed by atoms with Crippen LogP contribution in [0.4, 0.5) is 10.1 Å². The first-order chi connectivity index (χ1) is 14.3. The van der Waals surface area contributed by atoms with E-state index in [2.05, 4.69) is 20.0 Å². The average molecular weight is 452 g/mol. The number of carbonyl (C=O) groups excluding carboxylic acids is 1. The summed E-state index contributed by atoms with van der Waals surface area (Å²) in [6, 6.07) is 5.61. The first-order valence-electron chi connectivity index (χ1n) is 9.21. The molecular weight excluding hydrogens is 433 g/mol. The van der Waals surface area contributed by atoms with E-state index in [0.717, 1.165) is 0 Å². The van der Waals surface area contributed by atoms with E-state index in [9.17, 15) is 13.2 Å². The highest BCUT2D eigenvalue weighted by Gasteiger charge is 2.31. The maximum atomic E-state index is 15.1. The number of anilines is 1. The molecule has 0 radical (unpaired) electrons. The summed E-state index contributed by atoms with van der Waals surface area (Å²) in [5.41, 5.74) is 0.0822. The zero-order valence-corrected chi connectivity index (χ0v) is 17.5. The lowest BCUT2D eigenvalue weighted by atomic mass is 10.0. The van der Waals surface area contributed by atoms with Gasteiger partial charge in [-0.2, -0.15) is 12.7 Å². The Morgan fingerprint density at radius 1 is 1.37 bits per heavy atom. The molecule has 0 amide bonds. The smallest absolute Gasteiger partial charge is 0.301 e. The standard InChI is InChI=1S/C19H19ClFN5O3S/c1-22-12-5-6-26(10-12)30(28,29)25-16-4-2-3-13(17(16)21)18(27)15-9-24-19-14(15)7-11(20)8-23-19/h2-4,7-9,12,22,25H,5-6,10H2,1H3,(H,23,24). The van der Waals surface area contributed by atoms with Gasteiger partial charge in [-0.15, -0.1) is 0 Å². The Morgan fingerprint density at radius 2 is 2.17 bits per heavy atom. The van der Waals surface area contributed by atoms with Gasteiger partial charge in [-0.3, -0.25) is 9.52 Å². The molecule has 0 bridgehead atoms. The number of nitrogens with zero attached hydrogens (tertiary/aromatic N) is 2. The maximum Gasteiger partial charge on any atom is 0.301 e. The minimum atomic E-state index is -3.96. The van der Waals surface area contributed by atoms with Crippen LogP contribution in [-0.2, 0) is 10.2 Å². The van der Waals surface area contributed by atoms with Crippen LogP contribution in [0, 0.1) is 5.82 Å². The normalized spacial score (nSPS) is 17.5. The first kappa shape index (κ1) is 20.7. The van der Waals surface area contributed by atoms with Gasteiger partial charge in [0.2, 0.25) is 0 Å². The number of likely N-dealkylation sites (N-methyl/N-ethyl adjacent to an activating group) is 1. The Morgan fingerprint density at radius 3 is 2.90 bits per heavy atom. The second-order valence-corrected chi connectivity index (χ2v) is 9.09. The van der Waals surface area contributed by atoms with E-state index in [0.29, 0.717) is 29.0 Å². The second kappa shape index (κ2) is 7.95. The van der Waals surface area contributed by atoms with Crippen LogP contribution in [-0.4, -0.2) is 54.7 Å². The summed E-state index contributed by atoms with van der Waals surface area (Å²) in [7, 11) is -2.20. The topological polar surface area (TPSA) is 107 Å². The predicted octanol–water partition coefficient (Wildman–Crippen LogP) is 2.54. The molecule has 1 fully saturated rings. The summed E-state index contributed by atoms with van der Waals surface area (Å²) in [6.07, 6.45) is 3.52. The third-order valence-electron chi connectivity index (χ3n) is 5.12. The molecule has 3 aromatic rings. The van der Waals surface area contributed by atoms with Gasteiger partial charge >= 0.3 is 10.2 Å². The number of pyridine rings is 1. The van der Waals surface area contributed by atoms with Crippen LogP contribution in [0.1, 0.15) is 22.3 Å². The van der Waals surface area contributed by atoms with E-state index >= 15 is 4.39 Å². The third-order valence-corrected chi connectivity index (χ3v) is 6.82. The van der Waals surface area contributed by atoms with Crippen molar-refractivity contribution in [2.45, 2.75) is 12.5 Å². The molecule has 3 heterocycles. The molecule has 1 atom stereocenters. The van der Waals surface area contributed by atoms with E-state index in [4.69, 9.17) is 11.6 Å². The zero-order valence-electron chi connectivity index (χ0n) is 15.9. The Hall–Kier alpha value is -2.53. The lowest BCUT2D eigenvalue weighted by Crippen LogP contribution is -2.37. The molecule has 30 heavy (non-hydrogen) atoms. The Kier molecular flexibility index (Phi) is 5.49. The SMILES string of the molecule is CNC1CCN(S(=O)(=O)Nc2cccc(C(=O)c3c[nH]c4ncc(Cl)cc34)c2F)C1. The molecule has 11 heteroatoms. The van der Waals surface area contributed by atoms with Crippen LogP contribution < -0.4 is 10.0 Å². The van der Waals surface area contributed by atoms with Gasteiger partial charge in [-0.1, -0.05) is 17.7 Å². The fourth-order valence-corrected chi connectivity index (χ4v) is 4.93. The summed E-state index contributed by atoms with van der Waals surface area (Å²) in [6.45, 7) is 0.610. The van der Waals surface area contributed by atoms with Gasteiger partial charge in [0, 0.05) is 42.5 Å². The summed E-state index contributed by atoms with van der Waals surface area (Å²) in [5, 5.41) is 3.82. The number of hydrogen-bond donors (Lipinski definition) is 3. The molecule has 8 nitrogen and oxygen atoms in total. The van der Waals surface area contributed by atoms with Gasteiger partial charge in [-0.25, -0.2) is 9.37 Å². The number of aromatic amines is 1. The van der Waals surface area contributed by atoms with Crippen molar-refractivity contribution in [3.63, 3.8) is 0 Å². The van der Waals surface area contributed by atoms with Crippen LogP contribution in [0.25, 0.3) is 11.0 Å². The quantitative estimate of drug-likeness (QED) is 0.499. The van der Waals surface area contributed by atoms with E-state index in [-0.39, 0.29) is 29.4 Å². The monoisotopic (exact) mass is 451 g/mol. The number of carbonyl (C=O) groups is 1. The van der Waals surface area contributed by atoms with Crippen LogP contribution in [0.15, 0.2) is 36.7 Å². The lowest BCUT2D eigenvalue weighted by molar-refractivity contribution is 0.103. The number of rotatable bonds is 6. The Labute approximate surface area is 177 Å². The van der Waals surface area contributed by atoms with Gasteiger partial charge in [-0.05, 0) is 31.7 Å². The highest BCUT2D eigenvalue weighted by atomic mass is 35.5. The molecule has 1 aliphatic rings. The second-order valence-electron chi connectivity index (χ2n) is 6.99. The van der Waals surface area contributed by atoms with Crippen LogP contribution in [0.3, 0.4) is 0 Å². The molecular formula is C19H19ClFN5O3S.